The van der Waals surface area contributed by atoms with Gasteiger partial charge >= 0.3 is 0 Å². The topological polar surface area (TPSA) is 41.1 Å². The summed E-state index contributed by atoms with van der Waals surface area (Å²) in [6.45, 7) is 4.14. The van der Waals surface area contributed by atoms with Crippen molar-refractivity contribution in [2.75, 3.05) is 10.6 Å². The van der Waals surface area contributed by atoms with E-state index in [1.54, 1.807) is 12.1 Å². The largest absolute Gasteiger partial charge is 0.381 e. The van der Waals surface area contributed by atoms with Gasteiger partial charge in [-0.25, -0.2) is 4.39 Å². The number of benzene rings is 2. The first-order chi connectivity index (χ1) is 10.1. The molecule has 0 atom stereocenters. The molecule has 0 aliphatic heterocycles. The number of rotatable bonds is 5. The first-order valence-corrected chi connectivity index (χ1v) is 6.98. The van der Waals surface area contributed by atoms with Crippen molar-refractivity contribution in [2.45, 2.75) is 26.8 Å². The van der Waals surface area contributed by atoms with Gasteiger partial charge in [0.2, 0.25) is 5.91 Å². The Labute approximate surface area is 124 Å². The number of amides is 1. The molecular formula is C17H19FN2O. The lowest BCUT2D eigenvalue weighted by Gasteiger charge is -2.14. The summed E-state index contributed by atoms with van der Waals surface area (Å²) in [5, 5.41) is 6.07. The third kappa shape index (κ3) is 3.81. The van der Waals surface area contributed by atoms with Crippen LogP contribution in [0.15, 0.2) is 42.5 Å². The van der Waals surface area contributed by atoms with E-state index in [-0.39, 0.29) is 11.7 Å². The van der Waals surface area contributed by atoms with Gasteiger partial charge in [0.05, 0.1) is 0 Å². The van der Waals surface area contributed by atoms with Crippen LogP contribution in [0.4, 0.5) is 15.8 Å². The molecule has 0 unspecified atom stereocenters. The Hall–Kier alpha value is -2.36. The minimum Gasteiger partial charge on any atom is -0.381 e. The standard InChI is InChI=1S/C17H19FN2O/c1-3-17(21)20-16-10-6-9-15(12(16)2)19-11-13-7-4-5-8-14(13)18/h4-10,19H,3,11H2,1-2H3,(H,20,21). The zero-order chi connectivity index (χ0) is 15.2. The normalized spacial score (nSPS) is 10.2. The highest BCUT2D eigenvalue weighted by atomic mass is 19.1. The third-order valence-electron chi connectivity index (χ3n) is 3.36. The highest BCUT2D eigenvalue weighted by Crippen LogP contribution is 2.24. The maximum atomic E-state index is 13.6. The summed E-state index contributed by atoms with van der Waals surface area (Å²) in [6, 6.07) is 12.3. The molecule has 21 heavy (non-hydrogen) atoms. The molecule has 0 aromatic heterocycles. The summed E-state index contributed by atoms with van der Waals surface area (Å²) in [5.74, 6) is -0.248. The Morgan fingerprint density at radius 2 is 1.81 bits per heavy atom. The number of nitrogens with one attached hydrogen (secondary N) is 2. The van der Waals surface area contributed by atoms with Crippen molar-refractivity contribution in [1.82, 2.24) is 0 Å². The third-order valence-corrected chi connectivity index (χ3v) is 3.36. The molecule has 0 aliphatic rings. The van der Waals surface area contributed by atoms with Crippen molar-refractivity contribution >= 4 is 17.3 Å². The Morgan fingerprint density at radius 3 is 2.52 bits per heavy atom. The minimum atomic E-state index is -0.224. The maximum Gasteiger partial charge on any atom is 0.224 e. The average molecular weight is 286 g/mol. The molecule has 0 heterocycles. The first-order valence-electron chi connectivity index (χ1n) is 6.98. The number of hydrogen-bond donors (Lipinski definition) is 2. The zero-order valence-corrected chi connectivity index (χ0v) is 12.2. The van der Waals surface area contributed by atoms with Crippen LogP contribution < -0.4 is 10.6 Å². The van der Waals surface area contributed by atoms with Gasteiger partial charge in [0, 0.05) is 29.9 Å². The molecule has 4 heteroatoms. The Kier molecular flexibility index (Phi) is 4.93. The van der Waals surface area contributed by atoms with E-state index < -0.39 is 0 Å². The van der Waals surface area contributed by atoms with E-state index >= 15 is 0 Å². The number of carbonyl (C=O) groups excluding carboxylic acids is 1. The van der Waals surface area contributed by atoms with Crippen molar-refractivity contribution in [2.24, 2.45) is 0 Å². The fraction of sp³-hybridized carbons (Fsp3) is 0.235. The number of carbonyl (C=O) groups is 1. The second kappa shape index (κ2) is 6.88. The lowest BCUT2D eigenvalue weighted by Crippen LogP contribution is -2.11. The predicted octanol–water partition coefficient (Wildman–Crippen LogP) is 4.09. The molecule has 2 aromatic rings. The van der Waals surface area contributed by atoms with E-state index in [0.717, 1.165) is 16.9 Å². The zero-order valence-electron chi connectivity index (χ0n) is 12.2. The first kappa shape index (κ1) is 15.0. The van der Waals surface area contributed by atoms with E-state index in [1.807, 2.05) is 38.1 Å². The molecule has 2 rings (SSSR count). The highest BCUT2D eigenvalue weighted by molar-refractivity contribution is 5.92. The van der Waals surface area contributed by atoms with Crippen LogP contribution in [-0.4, -0.2) is 5.91 Å². The summed E-state index contributed by atoms with van der Waals surface area (Å²) in [5.41, 5.74) is 3.21. The molecule has 0 fully saturated rings. The quantitative estimate of drug-likeness (QED) is 0.869. The van der Waals surface area contributed by atoms with Crippen LogP contribution in [0.1, 0.15) is 24.5 Å². The van der Waals surface area contributed by atoms with Crippen molar-refractivity contribution in [3.05, 3.63) is 59.4 Å². The number of halogens is 1. The molecule has 110 valence electrons. The van der Waals surface area contributed by atoms with Gasteiger partial charge in [-0.1, -0.05) is 31.2 Å². The molecule has 0 bridgehead atoms. The SMILES string of the molecule is CCC(=O)Nc1cccc(NCc2ccccc2F)c1C. The van der Waals surface area contributed by atoms with E-state index in [2.05, 4.69) is 10.6 Å². The van der Waals surface area contributed by atoms with Crippen molar-refractivity contribution in [1.29, 1.82) is 0 Å². The number of hydrogen-bond acceptors (Lipinski definition) is 2. The van der Waals surface area contributed by atoms with Gasteiger partial charge in [0.1, 0.15) is 5.82 Å². The van der Waals surface area contributed by atoms with Gasteiger partial charge in [0.25, 0.3) is 0 Å². The smallest absolute Gasteiger partial charge is 0.224 e. The average Bonchev–Trinajstić information content (AvgIpc) is 2.49. The maximum absolute atomic E-state index is 13.6. The van der Waals surface area contributed by atoms with Gasteiger partial charge in [-0.2, -0.15) is 0 Å². The molecule has 0 radical (unpaired) electrons. The molecular weight excluding hydrogens is 267 g/mol. The molecule has 0 spiro atoms. The molecule has 3 nitrogen and oxygen atoms in total. The Morgan fingerprint density at radius 1 is 1.10 bits per heavy atom. The molecule has 1 amide bonds. The summed E-state index contributed by atoms with van der Waals surface area (Å²) >= 11 is 0. The fourth-order valence-electron chi connectivity index (χ4n) is 2.03. The van der Waals surface area contributed by atoms with Crippen LogP contribution in [0, 0.1) is 12.7 Å². The van der Waals surface area contributed by atoms with E-state index in [9.17, 15) is 9.18 Å². The fourth-order valence-corrected chi connectivity index (χ4v) is 2.03. The highest BCUT2D eigenvalue weighted by Gasteiger charge is 2.07. The van der Waals surface area contributed by atoms with Crippen LogP contribution in [0.3, 0.4) is 0 Å². The predicted molar refractivity (Wildman–Crippen MR) is 83.8 cm³/mol. The van der Waals surface area contributed by atoms with Crippen molar-refractivity contribution in [3.63, 3.8) is 0 Å². The summed E-state index contributed by atoms with van der Waals surface area (Å²) in [4.78, 5) is 11.5. The second-order valence-corrected chi connectivity index (χ2v) is 4.82. The molecule has 0 saturated heterocycles. The van der Waals surface area contributed by atoms with Crippen molar-refractivity contribution < 1.29 is 9.18 Å². The van der Waals surface area contributed by atoms with Gasteiger partial charge < -0.3 is 10.6 Å². The van der Waals surface area contributed by atoms with Crippen LogP contribution in [0.2, 0.25) is 0 Å². The van der Waals surface area contributed by atoms with Gasteiger partial charge in [-0.15, -0.1) is 0 Å². The van der Waals surface area contributed by atoms with E-state index in [0.29, 0.717) is 18.5 Å². The van der Waals surface area contributed by atoms with Gasteiger partial charge in [0.15, 0.2) is 0 Å². The van der Waals surface area contributed by atoms with Crippen LogP contribution in [0.25, 0.3) is 0 Å². The summed E-state index contributed by atoms with van der Waals surface area (Å²) < 4.78 is 13.6. The molecule has 2 N–H and O–H groups in total. The Balaban J connectivity index is 2.12. The second-order valence-electron chi connectivity index (χ2n) is 4.82. The molecule has 0 saturated carbocycles. The van der Waals surface area contributed by atoms with Crippen LogP contribution >= 0.6 is 0 Å². The van der Waals surface area contributed by atoms with E-state index in [4.69, 9.17) is 0 Å². The van der Waals surface area contributed by atoms with Crippen LogP contribution in [-0.2, 0) is 11.3 Å². The van der Waals surface area contributed by atoms with Crippen LogP contribution in [0.5, 0.6) is 0 Å². The summed E-state index contributed by atoms with van der Waals surface area (Å²) in [7, 11) is 0. The van der Waals surface area contributed by atoms with Gasteiger partial charge in [-0.3, -0.25) is 4.79 Å². The molecule has 0 aliphatic carbocycles. The van der Waals surface area contributed by atoms with Crippen molar-refractivity contribution in [3.8, 4) is 0 Å². The molecule has 2 aromatic carbocycles. The Bertz CT molecular complexity index is 640. The lowest BCUT2D eigenvalue weighted by molar-refractivity contribution is -0.115. The lowest BCUT2D eigenvalue weighted by atomic mass is 10.1. The number of anilines is 2. The minimum absolute atomic E-state index is 0.0237. The van der Waals surface area contributed by atoms with Gasteiger partial charge in [-0.05, 0) is 30.7 Å². The monoisotopic (exact) mass is 286 g/mol. The van der Waals surface area contributed by atoms with E-state index in [1.165, 1.54) is 6.07 Å². The summed E-state index contributed by atoms with van der Waals surface area (Å²) in [6.07, 6.45) is 0.437.